The molecule has 1 rings (SSSR count). The molecule has 80 valence electrons. The van der Waals surface area contributed by atoms with E-state index in [1.54, 1.807) is 0 Å². The first-order valence-electron chi connectivity index (χ1n) is 5.19. The average molecular weight is 213 g/mol. The van der Waals surface area contributed by atoms with Gasteiger partial charge in [-0.1, -0.05) is 23.9 Å². The molecule has 0 saturated heterocycles. The fraction of sp³-hybridized carbons (Fsp3) is 0.727. The lowest BCUT2D eigenvalue weighted by Gasteiger charge is -2.27. The lowest BCUT2D eigenvalue weighted by Crippen LogP contribution is -2.31. The Balaban J connectivity index is 2.45. The smallest absolute Gasteiger partial charge is 0.280 e. The minimum atomic E-state index is 0.0111. The summed E-state index contributed by atoms with van der Waals surface area (Å²) in [5, 5.41) is 3.00. The number of hydrogen-bond acceptors (Lipinski definition) is 2. The number of carbonyl (C=O) groups is 1. The molecular formula is C11H19NOS. The molecule has 0 aromatic heterocycles. The molecule has 0 fully saturated rings. The van der Waals surface area contributed by atoms with Gasteiger partial charge >= 0.3 is 0 Å². The molecule has 0 aromatic carbocycles. The number of amides is 1. The summed E-state index contributed by atoms with van der Waals surface area (Å²) in [6.07, 6.45) is 7.79. The van der Waals surface area contributed by atoms with Crippen molar-refractivity contribution in [1.29, 1.82) is 0 Å². The molecule has 0 radical (unpaired) electrons. The normalized spacial score (nSPS) is 26.6. The van der Waals surface area contributed by atoms with E-state index in [1.165, 1.54) is 18.2 Å². The van der Waals surface area contributed by atoms with Crippen LogP contribution in [0.3, 0.4) is 0 Å². The van der Waals surface area contributed by atoms with E-state index in [-0.39, 0.29) is 16.0 Å². The Morgan fingerprint density at radius 3 is 2.79 bits per heavy atom. The second-order valence-electron chi connectivity index (χ2n) is 4.30. The molecule has 1 amide bonds. The summed E-state index contributed by atoms with van der Waals surface area (Å²) < 4.78 is 0.0111. The van der Waals surface area contributed by atoms with Crippen molar-refractivity contribution in [3.05, 3.63) is 12.2 Å². The largest absolute Gasteiger partial charge is 0.345 e. The van der Waals surface area contributed by atoms with E-state index in [4.69, 9.17) is 0 Å². The second kappa shape index (κ2) is 4.87. The van der Waals surface area contributed by atoms with Crippen LogP contribution in [0.4, 0.5) is 4.79 Å². The Morgan fingerprint density at radius 2 is 2.29 bits per heavy atom. The van der Waals surface area contributed by atoms with Crippen LogP contribution in [0.25, 0.3) is 0 Å². The third-order valence-electron chi connectivity index (χ3n) is 2.25. The number of hydrogen-bond donors (Lipinski definition) is 1. The summed E-state index contributed by atoms with van der Waals surface area (Å²) in [5.74, 6) is 0. The lowest BCUT2D eigenvalue weighted by atomic mass is 9.97. The quantitative estimate of drug-likeness (QED) is 0.713. The number of carbonyl (C=O) groups excluding carboxylic acids is 1. The maximum absolute atomic E-state index is 11.5. The van der Waals surface area contributed by atoms with Crippen LogP contribution in [-0.2, 0) is 0 Å². The summed E-state index contributed by atoms with van der Waals surface area (Å²) in [5.41, 5.74) is 0. The van der Waals surface area contributed by atoms with Gasteiger partial charge in [-0.25, -0.2) is 0 Å². The first-order chi connectivity index (χ1) is 6.52. The van der Waals surface area contributed by atoms with Gasteiger partial charge in [0.1, 0.15) is 0 Å². The monoisotopic (exact) mass is 213 g/mol. The molecule has 0 aromatic rings. The number of thioether (sulfide) groups is 1. The third kappa shape index (κ3) is 3.74. The van der Waals surface area contributed by atoms with Gasteiger partial charge in [-0.05, 0) is 40.0 Å². The second-order valence-corrected chi connectivity index (χ2v) is 5.80. The average Bonchev–Trinajstić information content (AvgIpc) is 2.02. The van der Waals surface area contributed by atoms with Gasteiger partial charge in [-0.2, -0.15) is 0 Å². The van der Waals surface area contributed by atoms with Gasteiger partial charge in [-0.3, -0.25) is 4.79 Å². The summed E-state index contributed by atoms with van der Waals surface area (Å²) >= 11 is 1.41. The molecule has 1 N–H and O–H groups in total. The first-order valence-corrected chi connectivity index (χ1v) is 6.01. The van der Waals surface area contributed by atoms with E-state index in [0.717, 1.165) is 12.8 Å². The summed E-state index contributed by atoms with van der Waals surface area (Å²) in [4.78, 5) is 11.5. The summed E-state index contributed by atoms with van der Waals surface area (Å²) in [6, 6.07) is 0.228. The van der Waals surface area contributed by atoms with Crippen molar-refractivity contribution in [1.82, 2.24) is 5.32 Å². The highest BCUT2D eigenvalue weighted by molar-refractivity contribution is 8.14. The van der Waals surface area contributed by atoms with Crippen LogP contribution in [0.2, 0.25) is 0 Å². The van der Waals surface area contributed by atoms with E-state index in [1.807, 2.05) is 13.8 Å². The van der Waals surface area contributed by atoms with Crippen LogP contribution in [0.5, 0.6) is 0 Å². The van der Waals surface area contributed by atoms with E-state index in [2.05, 4.69) is 24.4 Å². The van der Waals surface area contributed by atoms with Gasteiger partial charge in [0.2, 0.25) is 0 Å². The molecule has 1 atom stereocenters. The van der Waals surface area contributed by atoms with Gasteiger partial charge in [0.05, 0.1) is 0 Å². The SMILES string of the molecule is CC(C)NC(=O)SC1(C)C=CCCC1. The maximum Gasteiger partial charge on any atom is 0.280 e. The fourth-order valence-corrected chi connectivity index (χ4v) is 2.68. The van der Waals surface area contributed by atoms with Gasteiger partial charge in [0, 0.05) is 10.8 Å². The topological polar surface area (TPSA) is 29.1 Å². The molecule has 0 bridgehead atoms. The third-order valence-corrected chi connectivity index (χ3v) is 3.36. The van der Waals surface area contributed by atoms with E-state index in [0.29, 0.717) is 0 Å². The zero-order valence-electron chi connectivity index (χ0n) is 9.17. The van der Waals surface area contributed by atoms with Crippen LogP contribution < -0.4 is 5.32 Å². The Kier molecular flexibility index (Phi) is 4.05. The standard InChI is InChI=1S/C11H19NOS/c1-9(2)12-10(13)14-11(3)7-5-4-6-8-11/h5,7,9H,4,6,8H2,1-3H3,(H,12,13). The molecule has 0 spiro atoms. The molecular weight excluding hydrogens is 194 g/mol. The number of allylic oxidation sites excluding steroid dienone is 1. The zero-order valence-corrected chi connectivity index (χ0v) is 9.99. The van der Waals surface area contributed by atoms with E-state index >= 15 is 0 Å². The highest BCUT2D eigenvalue weighted by Crippen LogP contribution is 2.35. The van der Waals surface area contributed by atoms with Crippen molar-refractivity contribution in [3.8, 4) is 0 Å². The van der Waals surface area contributed by atoms with E-state index < -0.39 is 0 Å². The van der Waals surface area contributed by atoms with Crippen molar-refractivity contribution in [2.24, 2.45) is 0 Å². The van der Waals surface area contributed by atoms with Crippen molar-refractivity contribution < 1.29 is 4.79 Å². The van der Waals surface area contributed by atoms with Crippen LogP contribution >= 0.6 is 11.8 Å². The van der Waals surface area contributed by atoms with E-state index in [9.17, 15) is 4.79 Å². The van der Waals surface area contributed by atoms with Crippen molar-refractivity contribution in [3.63, 3.8) is 0 Å². The summed E-state index contributed by atoms with van der Waals surface area (Å²) in [6.45, 7) is 6.10. The predicted octanol–water partition coefficient (Wildman–Crippen LogP) is 3.34. The van der Waals surface area contributed by atoms with Crippen LogP contribution in [0.15, 0.2) is 12.2 Å². The Morgan fingerprint density at radius 1 is 1.57 bits per heavy atom. The zero-order chi connectivity index (χ0) is 10.6. The maximum atomic E-state index is 11.5. The predicted molar refractivity (Wildman–Crippen MR) is 62.7 cm³/mol. The van der Waals surface area contributed by atoms with Gasteiger partial charge < -0.3 is 5.32 Å². The minimum Gasteiger partial charge on any atom is -0.345 e. The van der Waals surface area contributed by atoms with Crippen LogP contribution in [0, 0.1) is 0 Å². The van der Waals surface area contributed by atoms with Gasteiger partial charge in [-0.15, -0.1) is 0 Å². The van der Waals surface area contributed by atoms with Crippen molar-refractivity contribution in [2.75, 3.05) is 0 Å². The Labute approximate surface area is 90.5 Å². The highest BCUT2D eigenvalue weighted by Gasteiger charge is 2.26. The highest BCUT2D eigenvalue weighted by atomic mass is 32.2. The Bertz CT molecular complexity index is 237. The van der Waals surface area contributed by atoms with Crippen LogP contribution in [-0.4, -0.2) is 16.0 Å². The van der Waals surface area contributed by atoms with Gasteiger partial charge in [0.25, 0.3) is 5.24 Å². The first kappa shape index (κ1) is 11.6. The molecule has 0 saturated carbocycles. The molecule has 14 heavy (non-hydrogen) atoms. The lowest BCUT2D eigenvalue weighted by molar-refractivity contribution is 0.258. The summed E-state index contributed by atoms with van der Waals surface area (Å²) in [7, 11) is 0. The van der Waals surface area contributed by atoms with Crippen molar-refractivity contribution in [2.45, 2.75) is 50.8 Å². The van der Waals surface area contributed by atoms with Gasteiger partial charge in [0.15, 0.2) is 0 Å². The molecule has 2 nitrogen and oxygen atoms in total. The number of rotatable bonds is 2. The number of nitrogens with one attached hydrogen (secondary N) is 1. The molecule has 3 heteroatoms. The fourth-order valence-electron chi connectivity index (χ4n) is 1.55. The molecule has 0 heterocycles. The van der Waals surface area contributed by atoms with Crippen LogP contribution in [0.1, 0.15) is 40.0 Å². The minimum absolute atomic E-state index is 0.0111. The Hall–Kier alpha value is -0.440. The molecule has 1 aliphatic rings. The molecule has 0 aliphatic heterocycles. The molecule has 1 unspecified atom stereocenters. The van der Waals surface area contributed by atoms with Crippen molar-refractivity contribution >= 4 is 17.0 Å². The molecule has 1 aliphatic carbocycles.